The zero-order chi connectivity index (χ0) is 16.2. The van der Waals surface area contributed by atoms with Crippen molar-refractivity contribution in [2.45, 2.75) is 38.5 Å². The summed E-state index contributed by atoms with van der Waals surface area (Å²) < 4.78 is 5.35. The summed E-state index contributed by atoms with van der Waals surface area (Å²) in [5.74, 6) is 0.107. The van der Waals surface area contributed by atoms with Crippen molar-refractivity contribution in [2.75, 3.05) is 40.4 Å². The van der Waals surface area contributed by atoms with Gasteiger partial charge in [0.2, 0.25) is 11.8 Å². The molecule has 7 heteroatoms. The van der Waals surface area contributed by atoms with Crippen LogP contribution in [0, 0.1) is 10.8 Å². The van der Waals surface area contributed by atoms with E-state index in [1.165, 1.54) is 0 Å². The molecule has 0 atom stereocenters. The van der Waals surface area contributed by atoms with Crippen molar-refractivity contribution < 1.29 is 14.3 Å². The third-order valence-corrected chi connectivity index (χ3v) is 5.33. The molecule has 0 bridgehead atoms. The second-order valence-electron chi connectivity index (χ2n) is 6.97. The van der Waals surface area contributed by atoms with Crippen LogP contribution < -0.4 is 11.1 Å². The first-order valence-corrected chi connectivity index (χ1v) is 8.24. The number of carbonyl (C=O) groups excluding carboxylic acids is 2. The highest BCUT2D eigenvalue weighted by atomic mass is 35.5. The summed E-state index contributed by atoms with van der Waals surface area (Å²) in [6.07, 6.45) is 5.11. The Labute approximate surface area is 144 Å². The Morgan fingerprint density at radius 3 is 2.13 bits per heavy atom. The lowest BCUT2D eigenvalue weighted by Gasteiger charge is -2.37. The van der Waals surface area contributed by atoms with Gasteiger partial charge in [-0.25, -0.2) is 0 Å². The van der Waals surface area contributed by atoms with E-state index in [-0.39, 0.29) is 24.2 Å². The van der Waals surface area contributed by atoms with E-state index in [0.717, 1.165) is 25.7 Å². The maximum Gasteiger partial charge on any atom is 0.230 e. The van der Waals surface area contributed by atoms with Gasteiger partial charge >= 0.3 is 0 Å². The number of nitrogens with two attached hydrogens (primary N) is 1. The Balaban J connectivity index is 0.00000264. The molecule has 134 valence electrons. The minimum atomic E-state index is -0.529. The first kappa shape index (κ1) is 20.2. The van der Waals surface area contributed by atoms with Crippen LogP contribution in [0.2, 0.25) is 0 Å². The fourth-order valence-corrected chi connectivity index (χ4v) is 3.72. The Morgan fingerprint density at radius 2 is 1.65 bits per heavy atom. The quantitative estimate of drug-likeness (QED) is 0.774. The lowest BCUT2D eigenvalue weighted by molar-refractivity contribution is -0.141. The van der Waals surface area contributed by atoms with Crippen LogP contribution >= 0.6 is 12.4 Å². The number of amides is 2. The summed E-state index contributed by atoms with van der Waals surface area (Å²) >= 11 is 0. The van der Waals surface area contributed by atoms with E-state index in [1.807, 2.05) is 0 Å². The molecule has 0 aromatic heterocycles. The van der Waals surface area contributed by atoms with Gasteiger partial charge in [-0.1, -0.05) is 12.8 Å². The van der Waals surface area contributed by atoms with Gasteiger partial charge in [-0.05, 0) is 25.7 Å². The predicted octanol–water partition coefficient (Wildman–Crippen LogP) is 0.929. The monoisotopic (exact) mass is 347 g/mol. The van der Waals surface area contributed by atoms with Gasteiger partial charge in [0, 0.05) is 40.4 Å². The zero-order valence-electron chi connectivity index (χ0n) is 14.2. The largest absolute Gasteiger partial charge is 0.381 e. The smallest absolute Gasteiger partial charge is 0.230 e. The van der Waals surface area contributed by atoms with Crippen LogP contribution in [0.5, 0.6) is 0 Å². The highest BCUT2D eigenvalue weighted by molar-refractivity contribution is 5.86. The van der Waals surface area contributed by atoms with E-state index in [9.17, 15) is 9.59 Å². The Bertz CT molecular complexity index is 417. The lowest BCUT2D eigenvalue weighted by Crippen LogP contribution is -2.53. The third-order valence-electron chi connectivity index (χ3n) is 5.33. The average Bonchev–Trinajstić information content (AvgIpc) is 3.02. The fourth-order valence-electron chi connectivity index (χ4n) is 3.72. The SMILES string of the molecule is CN(C)C(=O)C1(CNC(=O)C2(CN)CCOCC2)CCCC1.Cl. The first-order chi connectivity index (χ1) is 10.5. The van der Waals surface area contributed by atoms with Crippen LogP contribution in [0.3, 0.4) is 0 Å². The maximum atomic E-state index is 12.7. The molecule has 2 aliphatic rings. The van der Waals surface area contributed by atoms with E-state index in [2.05, 4.69) is 5.32 Å². The third kappa shape index (κ3) is 4.17. The lowest BCUT2D eigenvalue weighted by atomic mass is 9.78. The van der Waals surface area contributed by atoms with Crippen LogP contribution in [-0.2, 0) is 14.3 Å². The van der Waals surface area contributed by atoms with Crippen molar-refractivity contribution >= 4 is 24.2 Å². The molecule has 2 rings (SSSR count). The number of halogens is 1. The van der Waals surface area contributed by atoms with E-state index >= 15 is 0 Å². The van der Waals surface area contributed by atoms with Crippen molar-refractivity contribution in [3.63, 3.8) is 0 Å². The number of hydrogen-bond donors (Lipinski definition) is 2. The van der Waals surface area contributed by atoms with Crippen LogP contribution in [0.15, 0.2) is 0 Å². The molecule has 1 heterocycles. The second-order valence-corrected chi connectivity index (χ2v) is 6.97. The second kappa shape index (κ2) is 8.31. The average molecular weight is 348 g/mol. The van der Waals surface area contributed by atoms with Crippen LogP contribution in [0.25, 0.3) is 0 Å². The van der Waals surface area contributed by atoms with E-state index in [1.54, 1.807) is 19.0 Å². The molecule has 3 N–H and O–H groups in total. The zero-order valence-corrected chi connectivity index (χ0v) is 15.0. The topological polar surface area (TPSA) is 84.7 Å². The van der Waals surface area contributed by atoms with Gasteiger partial charge in [0.05, 0.1) is 10.8 Å². The highest BCUT2D eigenvalue weighted by Gasteiger charge is 2.44. The van der Waals surface area contributed by atoms with Gasteiger partial charge in [0.1, 0.15) is 0 Å². The molecular weight excluding hydrogens is 318 g/mol. The molecule has 0 spiro atoms. The van der Waals surface area contributed by atoms with Crippen LogP contribution in [-0.4, -0.2) is 57.1 Å². The molecule has 0 radical (unpaired) electrons. The predicted molar refractivity (Wildman–Crippen MR) is 91.4 cm³/mol. The number of rotatable bonds is 5. The number of ether oxygens (including phenoxy) is 1. The minimum absolute atomic E-state index is 0. The molecular formula is C16H30ClN3O3. The minimum Gasteiger partial charge on any atom is -0.381 e. The molecule has 1 aliphatic carbocycles. The molecule has 2 amide bonds. The van der Waals surface area contributed by atoms with Crippen molar-refractivity contribution in [1.29, 1.82) is 0 Å². The van der Waals surface area contributed by atoms with Crippen molar-refractivity contribution in [1.82, 2.24) is 10.2 Å². The van der Waals surface area contributed by atoms with Gasteiger partial charge in [-0.2, -0.15) is 0 Å². The molecule has 0 aromatic carbocycles. The summed E-state index contributed by atoms with van der Waals surface area (Å²) in [4.78, 5) is 26.8. The standard InChI is InChI=1S/C16H29N3O3.ClH/c1-19(2)14(21)16(5-3-4-6-16)12-18-13(20)15(11-17)7-9-22-10-8-15;/h3-12,17H2,1-2H3,(H,18,20);1H. The number of nitrogens with one attached hydrogen (secondary N) is 1. The van der Waals surface area contributed by atoms with Crippen molar-refractivity contribution in [3.8, 4) is 0 Å². The number of hydrogen-bond acceptors (Lipinski definition) is 4. The summed E-state index contributed by atoms with van der Waals surface area (Å²) in [6, 6.07) is 0. The van der Waals surface area contributed by atoms with Gasteiger partial charge in [-0.15, -0.1) is 12.4 Å². The Hall–Kier alpha value is -0.850. The van der Waals surface area contributed by atoms with E-state index < -0.39 is 10.8 Å². The molecule has 2 fully saturated rings. The summed E-state index contributed by atoms with van der Waals surface area (Å²) in [6.45, 7) is 1.90. The summed E-state index contributed by atoms with van der Waals surface area (Å²) in [5.41, 5.74) is 4.91. The van der Waals surface area contributed by atoms with E-state index in [4.69, 9.17) is 10.5 Å². The van der Waals surface area contributed by atoms with E-state index in [0.29, 0.717) is 39.1 Å². The fraction of sp³-hybridized carbons (Fsp3) is 0.875. The molecule has 0 unspecified atom stereocenters. The molecule has 6 nitrogen and oxygen atoms in total. The van der Waals surface area contributed by atoms with Gasteiger partial charge in [0.25, 0.3) is 0 Å². The number of nitrogens with zero attached hydrogens (tertiary/aromatic N) is 1. The van der Waals surface area contributed by atoms with Crippen LogP contribution in [0.1, 0.15) is 38.5 Å². The van der Waals surface area contributed by atoms with Gasteiger partial charge in [-0.3, -0.25) is 9.59 Å². The highest BCUT2D eigenvalue weighted by Crippen LogP contribution is 2.39. The van der Waals surface area contributed by atoms with Gasteiger partial charge in [0.15, 0.2) is 0 Å². The Kier molecular flexibility index (Phi) is 7.29. The summed E-state index contributed by atoms with van der Waals surface area (Å²) in [7, 11) is 3.56. The summed E-state index contributed by atoms with van der Waals surface area (Å²) in [5, 5.41) is 3.04. The molecule has 23 heavy (non-hydrogen) atoms. The molecule has 1 saturated heterocycles. The van der Waals surface area contributed by atoms with Crippen molar-refractivity contribution in [2.24, 2.45) is 16.6 Å². The molecule has 1 aliphatic heterocycles. The van der Waals surface area contributed by atoms with Gasteiger partial charge < -0.3 is 20.7 Å². The maximum absolute atomic E-state index is 12.7. The van der Waals surface area contributed by atoms with Crippen LogP contribution in [0.4, 0.5) is 0 Å². The Morgan fingerprint density at radius 1 is 1.09 bits per heavy atom. The molecule has 1 saturated carbocycles. The number of carbonyl (C=O) groups is 2. The first-order valence-electron chi connectivity index (χ1n) is 8.24. The molecule has 0 aromatic rings. The van der Waals surface area contributed by atoms with Crippen molar-refractivity contribution in [3.05, 3.63) is 0 Å². The normalized spacial score (nSPS) is 22.0.